The number of carbonyl (C=O) groups excluding carboxylic acids is 1. The van der Waals surface area contributed by atoms with Crippen molar-refractivity contribution in [2.75, 3.05) is 14.2 Å². The first-order valence-electron chi connectivity index (χ1n) is 9.72. The van der Waals surface area contributed by atoms with Crippen LogP contribution < -0.4 is 9.47 Å². The monoisotopic (exact) mass is 415 g/mol. The number of amides is 1. The van der Waals surface area contributed by atoms with Crippen molar-refractivity contribution >= 4 is 24.0 Å². The van der Waals surface area contributed by atoms with E-state index in [0.29, 0.717) is 18.0 Å². The van der Waals surface area contributed by atoms with Crippen LogP contribution in [0.5, 0.6) is 11.5 Å². The summed E-state index contributed by atoms with van der Waals surface area (Å²) in [5.41, 5.74) is 2.92. The Labute approximate surface area is 177 Å². The van der Waals surface area contributed by atoms with Gasteiger partial charge < -0.3 is 9.47 Å². The van der Waals surface area contributed by atoms with Crippen molar-refractivity contribution in [2.45, 2.75) is 32.2 Å². The normalized spacial score (nSPS) is 21.0. The molecule has 0 spiro atoms. The molecule has 7 heteroatoms. The molecule has 2 unspecified atom stereocenters. The van der Waals surface area contributed by atoms with E-state index in [1.807, 2.05) is 30.3 Å². The number of methoxy groups -OCH3 is 2. The standard InChI is InChI=1S/C22H25N3O3.ClH/c1-27-19-10-9-16(12-20(19)28-2)21-17-7-3-4-8-18(17)22(26)25(24-21)14-15-6-5-11-23-13-15;/h5-6,9-13,17-18H,3-4,7-8,14H2,1-2H3;1H. The van der Waals surface area contributed by atoms with E-state index in [4.69, 9.17) is 14.6 Å². The van der Waals surface area contributed by atoms with Crippen molar-refractivity contribution in [1.82, 2.24) is 9.99 Å². The lowest BCUT2D eigenvalue weighted by Gasteiger charge is -2.38. The molecule has 0 saturated heterocycles. The number of pyridine rings is 1. The number of aromatic nitrogens is 1. The fraction of sp³-hybridized carbons (Fsp3) is 0.409. The lowest BCUT2D eigenvalue weighted by Crippen LogP contribution is -2.45. The molecule has 2 aliphatic rings. The van der Waals surface area contributed by atoms with E-state index in [0.717, 1.165) is 42.5 Å². The minimum Gasteiger partial charge on any atom is -0.493 e. The van der Waals surface area contributed by atoms with Gasteiger partial charge in [0.25, 0.3) is 0 Å². The number of ether oxygens (including phenoxy) is 2. The minimum absolute atomic E-state index is 0. The van der Waals surface area contributed by atoms with Crippen LogP contribution in [0.4, 0.5) is 0 Å². The topological polar surface area (TPSA) is 64.0 Å². The predicted molar refractivity (Wildman–Crippen MR) is 114 cm³/mol. The molecule has 1 aliphatic carbocycles. The summed E-state index contributed by atoms with van der Waals surface area (Å²) in [4.78, 5) is 17.3. The van der Waals surface area contributed by atoms with Gasteiger partial charge in [-0.1, -0.05) is 18.9 Å². The van der Waals surface area contributed by atoms with Gasteiger partial charge in [-0.05, 0) is 42.7 Å². The highest BCUT2D eigenvalue weighted by Crippen LogP contribution is 2.39. The zero-order chi connectivity index (χ0) is 19.5. The Bertz CT molecular complexity index is 888. The first kappa shape index (κ1) is 21.1. The Hall–Kier alpha value is -2.60. The zero-order valence-corrected chi connectivity index (χ0v) is 17.5. The second-order valence-electron chi connectivity index (χ2n) is 7.31. The molecule has 4 rings (SSSR count). The molecule has 1 aromatic carbocycles. The van der Waals surface area contributed by atoms with Crippen molar-refractivity contribution in [2.24, 2.45) is 16.9 Å². The van der Waals surface area contributed by atoms with Crippen LogP contribution in [0.15, 0.2) is 47.8 Å². The fourth-order valence-electron chi connectivity index (χ4n) is 4.24. The van der Waals surface area contributed by atoms with Crippen LogP contribution in [0.2, 0.25) is 0 Å². The summed E-state index contributed by atoms with van der Waals surface area (Å²) in [5, 5.41) is 6.44. The van der Waals surface area contributed by atoms with E-state index in [-0.39, 0.29) is 30.2 Å². The molecule has 2 heterocycles. The summed E-state index contributed by atoms with van der Waals surface area (Å²) in [7, 11) is 3.26. The van der Waals surface area contributed by atoms with Crippen LogP contribution >= 0.6 is 12.4 Å². The molecular weight excluding hydrogens is 390 g/mol. The number of rotatable bonds is 5. The van der Waals surface area contributed by atoms with Crippen LogP contribution in [-0.4, -0.2) is 35.8 Å². The summed E-state index contributed by atoms with van der Waals surface area (Å²) in [6.45, 7) is 0.437. The number of hydrazone groups is 1. The first-order chi connectivity index (χ1) is 13.7. The van der Waals surface area contributed by atoms with Crippen molar-refractivity contribution in [3.63, 3.8) is 0 Å². The molecule has 1 fully saturated rings. The van der Waals surface area contributed by atoms with E-state index in [1.54, 1.807) is 31.6 Å². The average molecular weight is 416 g/mol. The van der Waals surface area contributed by atoms with Crippen LogP contribution in [0.25, 0.3) is 0 Å². The van der Waals surface area contributed by atoms with E-state index in [1.165, 1.54) is 0 Å². The number of hydrogen-bond acceptors (Lipinski definition) is 5. The Kier molecular flexibility index (Phi) is 6.75. The molecule has 1 amide bonds. The highest BCUT2D eigenvalue weighted by atomic mass is 35.5. The van der Waals surface area contributed by atoms with Crippen molar-refractivity contribution in [3.8, 4) is 11.5 Å². The highest BCUT2D eigenvalue weighted by Gasteiger charge is 2.41. The number of nitrogens with zero attached hydrogens (tertiary/aromatic N) is 3. The van der Waals surface area contributed by atoms with Gasteiger partial charge in [-0.15, -0.1) is 12.4 Å². The van der Waals surface area contributed by atoms with Gasteiger partial charge in [0, 0.05) is 29.8 Å². The maximum Gasteiger partial charge on any atom is 0.246 e. The predicted octanol–water partition coefficient (Wildman–Crippen LogP) is 4.07. The van der Waals surface area contributed by atoms with E-state index < -0.39 is 0 Å². The third-order valence-electron chi connectivity index (χ3n) is 5.65. The third kappa shape index (κ3) is 4.22. The van der Waals surface area contributed by atoms with Gasteiger partial charge in [0.15, 0.2) is 11.5 Å². The number of benzene rings is 1. The average Bonchev–Trinajstić information content (AvgIpc) is 2.76. The Morgan fingerprint density at radius 2 is 1.83 bits per heavy atom. The molecule has 6 nitrogen and oxygen atoms in total. The van der Waals surface area contributed by atoms with Gasteiger partial charge in [0.05, 0.1) is 26.5 Å². The molecule has 0 radical (unpaired) electrons. The van der Waals surface area contributed by atoms with Gasteiger partial charge in [0.1, 0.15) is 0 Å². The van der Waals surface area contributed by atoms with Gasteiger partial charge in [0.2, 0.25) is 5.91 Å². The van der Waals surface area contributed by atoms with Crippen molar-refractivity contribution in [3.05, 3.63) is 53.9 Å². The number of carbonyl (C=O) groups is 1. The van der Waals surface area contributed by atoms with Crippen LogP contribution in [0.3, 0.4) is 0 Å². The quantitative estimate of drug-likeness (QED) is 0.738. The van der Waals surface area contributed by atoms with Crippen LogP contribution in [-0.2, 0) is 11.3 Å². The van der Waals surface area contributed by atoms with Gasteiger partial charge in [-0.25, -0.2) is 5.01 Å². The maximum absolute atomic E-state index is 13.1. The molecule has 1 saturated carbocycles. The molecule has 1 aromatic heterocycles. The number of halogens is 1. The largest absolute Gasteiger partial charge is 0.493 e. The van der Waals surface area contributed by atoms with Crippen LogP contribution in [0, 0.1) is 11.8 Å². The van der Waals surface area contributed by atoms with Gasteiger partial charge >= 0.3 is 0 Å². The van der Waals surface area contributed by atoms with Crippen molar-refractivity contribution < 1.29 is 14.3 Å². The summed E-state index contributed by atoms with van der Waals surface area (Å²) in [5.74, 6) is 1.63. The molecule has 2 aromatic rings. The third-order valence-corrected chi connectivity index (χ3v) is 5.65. The molecule has 1 aliphatic heterocycles. The van der Waals surface area contributed by atoms with Gasteiger partial charge in [-0.3, -0.25) is 9.78 Å². The Morgan fingerprint density at radius 3 is 2.52 bits per heavy atom. The minimum atomic E-state index is -0.00832. The first-order valence-corrected chi connectivity index (χ1v) is 9.72. The summed E-state index contributed by atoms with van der Waals surface area (Å²) in [6, 6.07) is 9.71. The number of fused-ring (bicyclic) bond motifs is 1. The second-order valence-corrected chi connectivity index (χ2v) is 7.31. The highest BCUT2D eigenvalue weighted by molar-refractivity contribution is 6.07. The maximum atomic E-state index is 13.1. The smallest absolute Gasteiger partial charge is 0.246 e. The summed E-state index contributed by atoms with van der Waals surface area (Å²) < 4.78 is 10.8. The lowest BCUT2D eigenvalue weighted by molar-refractivity contribution is -0.139. The number of hydrogen-bond donors (Lipinski definition) is 0. The van der Waals surface area contributed by atoms with E-state index >= 15 is 0 Å². The molecule has 29 heavy (non-hydrogen) atoms. The Balaban J connectivity index is 0.00000240. The van der Waals surface area contributed by atoms with Crippen LogP contribution in [0.1, 0.15) is 36.8 Å². The Morgan fingerprint density at radius 1 is 1.07 bits per heavy atom. The van der Waals surface area contributed by atoms with E-state index in [9.17, 15) is 4.79 Å². The molecule has 2 atom stereocenters. The fourth-order valence-corrected chi connectivity index (χ4v) is 4.24. The molecule has 0 bridgehead atoms. The van der Waals surface area contributed by atoms with E-state index in [2.05, 4.69) is 4.98 Å². The summed E-state index contributed by atoms with van der Waals surface area (Å²) >= 11 is 0. The SMILES string of the molecule is COc1ccc(C2=NN(Cc3cccnc3)C(=O)C3CCCCC23)cc1OC.Cl. The lowest BCUT2D eigenvalue weighted by atomic mass is 9.73. The summed E-state index contributed by atoms with van der Waals surface area (Å²) in [6.07, 6.45) is 7.64. The van der Waals surface area contributed by atoms with Gasteiger partial charge in [-0.2, -0.15) is 5.10 Å². The molecule has 0 N–H and O–H groups in total. The second kappa shape index (κ2) is 9.27. The molecule has 154 valence electrons. The van der Waals surface area contributed by atoms with Crippen molar-refractivity contribution in [1.29, 1.82) is 0 Å². The zero-order valence-electron chi connectivity index (χ0n) is 16.7. The molecular formula is C22H26ClN3O3.